The summed E-state index contributed by atoms with van der Waals surface area (Å²) in [5, 5.41) is 16.7. The van der Waals surface area contributed by atoms with Crippen LogP contribution in [0.4, 0.5) is 0 Å². The minimum Gasteiger partial charge on any atom is -0.186 e. The Labute approximate surface area is 134 Å². The lowest BCUT2D eigenvalue weighted by atomic mass is 10.2. The molecule has 0 aliphatic carbocycles. The fraction of sp³-hybridized carbons (Fsp3) is 0.0714. The lowest BCUT2D eigenvalue weighted by molar-refractivity contribution is 0.763. The van der Waals surface area contributed by atoms with Crippen molar-refractivity contribution >= 4 is 40.4 Å². The molecular weight excluding hydrogens is 324 g/mol. The number of fused-ring (bicyclic) bond motifs is 1. The summed E-state index contributed by atoms with van der Waals surface area (Å²) in [6.07, 6.45) is 0. The number of hydrogen-bond donors (Lipinski definition) is 0. The average molecular weight is 333 g/mol. The van der Waals surface area contributed by atoms with E-state index in [0.717, 1.165) is 22.2 Å². The van der Waals surface area contributed by atoms with Crippen LogP contribution in [-0.4, -0.2) is 26.3 Å². The Morgan fingerprint density at radius 2 is 2.00 bits per heavy atom. The molecule has 4 rings (SSSR count). The summed E-state index contributed by atoms with van der Waals surface area (Å²) in [6, 6.07) is 11.7. The van der Waals surface area contributed by atoms with Crippen LogP contribution in [0.5, 0.6) is 0 Å². The van der Waals surface area contributed by atoms with Gasteiger partial charge in [0.15, 0.2) is 5.82 Å². The van der Waals surface area contributed by atoms with Crippen LogP contribution in [0.1, 0.15) is 4.88 Å². The van der Waals surface area contributed by atoms with Crippen molar-refractivity contribution in [2.75, 3.05) is 5.75 Å². The fourth-order valence-corrected chi connectivity index (χ4v) is 3.95. The molecule has 0 radical (unpaired) electrons. The molecule has 2 aromatic heterocycles. The lowest BCUT2D eigenvalue weighted by Gasteiger charge is -2.13. The molecule has 4 nitrogen and oxygen atoms in total. The van der Waals surface area contributed by atoms with Crippen molar-refractivity contribution in [1.82, 2.24) is 14.9 Å². The highest BCUT2D eigenvalue weighted by Crippen LogP contribution is 2.32. The number of benzene rings is 1. The number of rotatable bonds is 2. The maximum absolute atomic E-state index is 6.26. The third kappa shape index (κ3) is 2.29. The smallest absolute Gasteiger partial charge is 0.186 e. The van der Waals surface area contributed by atoms with E-state index in [1.807, 2.05) is 30.3 Å². The quantitative estimate of drug-likeness (QED) is 0.712. The molecule has 1 aromatic carbocycles. The number of halogens is 1. The topological polar surface area (TPSA) is 43.1 Å². The van der Waals surface area contributed by atoms with E-state index in [2.05, 4.69) is 21.6 Å². The van der Waals surface area contributed by atoms with Gasteiger partial charge in [-0.3, -0.25) is 0 Å². The Kier molecular flexibility index (Phi) is 3.29. The molecule has 3 heterocycles. The molecular formula is C14H9ClN4S2. The normalized spacial score (nSPS) is 13.9. The van der Waals surface area contributed by atoms with Crippen molar-refractivity contribution in [2.45, 2.75) is 5.16 Å². The Hall–Kier alpha value is -1.63. The Bertz CT molecular complexity index is 823. The van der Waals surface area contributed by atoms with E-state index in [9.17, 15) is 0 Å². The van der Waals surface area contributed by atoms with Crippen LogP contribution in [0.3, 0.4) is 0 Å². The molecule has 3 aromatic rings. The molecule has 104 valence electrons. The summed E-state index contributed by atoms with van der Waals surface area (Å²) in [5.74, 6) is 1.48. The van der Waals surface area contributed by atoms with Crippen molar-refractivity contribution in [1.29, 1.82) is 0 Å². The van der Waals surface area contributed by atoms with Crippen molar-refractivity contribution in [3.05, 3.63) is 51.7 Å². The zero-order valence-corrected chi connectivity index (χ0v) is 13.1. The Morgan fingerprint density at radius 3 is 2.81 bits per heavy atom. The largest absolute Gasteiger partial charge is 0.212 e. The Balaban J connectivity index is 1.85. The van der Waals surface area contributed by atoms with Crippen molar-refractivity contribution in [3.8, 4) is 11.4 Å². The van der Waals surface area contributed by atoms with Gasteiger partial charge < -0.3 is 0 Å². The second kappa shape index (κ2) is 5.29. The predicted octanol–water partition coefficient (Wildman–Crippen LogP) is 4.02. The maximum atomic E-state index is 6.26. The Morgan fingerprint density at radius 1 is 1.10 bits per heavy atom. The standard InChI is InChI=1S/C14H9ClN4S2/c15-10-5-2-1-4-9(10)13-16-17-14-19(13)18-11(8-21-14)12-6-3-7-20-12/h1-7H,8H2. The van der Waals surface area contributed by atoms with Crippen LogP contribution in [0.15, 0.2) is 52.0 Å². The van der Waals surface area contributed by atoms with Gasteiger partial charge in [-0.05, 0) is 23.6 Å². The number of aromatic nitrogens is 3. The van der Waals surface area contributed by atoms with E-state index in [4.69, 9.17) is 16.7 Å². The van der Waals surface area contributed by atoms with Crippen LogP contribution in [0.25, 0.3) is 11.4 Å². The summed E-state index contributed by atoms with van der Waals surface area (Å²) < 4.78 is 1.78. The molecule has 1 aliphatic rings. The monoisotopic (exact) mass is 332 g/mol. The molecule has 0 amide bonds. The van der Waals surface area contributed by atoms with E-state index >= 15 is 0 Å². The van der Waals surface area contributed by atoms with Gasteiger partial charge in [0.1, 0.15) is 0 Å². The van der Waals surface area contributed by atoms with Crippen LogP contribution in [0.2, 0.25) is 5.02 Å². The van der Waals surface area contributed by atoms with Crippen molar-refractivity contribution < 1.29 is 0 Å². The second-order valence-corrected chi connectivity index (χ2v) is 6.71. The highest BCUT2D eigenvalue weighted by molar-refractivity contribution is 7.99. The van der Waals surface area contributed by atoms with Gasteiger partial charge in [-0.1, -0.05) is 41.6 Å². The molecule has 0 spiro atoms. The molecule has 0 N–H and O–H groups in total. The summed E-state index contributed by atoms with van der Waals surface area (Å²) in [6.45, 7) is 0. The second-order valence-electron chi connectivity index (χ2n) is 4.41. The van der Waals surface area contributed by atoms with Gasteiger partial charge in [-0.15, -0.1) is 21.5 Å². The molecule has 0 bridgehead atoms. The van der Waals surface area contributed by atoms with Gasteiger partial charge in [0, 0.05) is 11.3 Å². The van der Waals surface area contributed by atoms with E-state index in [-0.39, 0.29) is 0 Å². The molecule has 0 saturated heterocycles. The third-order valence-electron chi connectivity index (χ3n) is 3.09. The molecule has 1 aliphatic heterocycles. The van der Waals surface area contributed by atoms with Gasteiger partial charge in [0.05, 0.1) is 15.6 Å². The van der Waals surface area contributed by atoms with Gasteiger partial charge in [0.25, 0.3) is 0 Å². The van der Waals surface area contributed by atoms with Gasteiger partial charge in [0.2, 0.25) is 5.16 Å². The molecule has 0 fully saturated rings. The zero-order chi connectivity index (χ0) is 14.2. The van der Waals surface area contributed by atoms with Crippen LogP contribution >= 0.6 is 34.7 Å². The van der Waals surface area contributed by atoms with Gasteiger partial charge in [-0.2, -0.15) is 9.78 Å². The molecule has 0 atom stereocenters. The number of thioether (sulfide) groups is 1. The minimum absolute atomic E-state index is 0.649. The number of nitrogens with zero attached hydrogens (tertiary/aromatic N) is 4. The number of hydrogen-bond acceptors (Lipinski definition) is 5. The zero-order valence-electron chi connectivity index (χ0n) is 10.7. The highest BCUT2D eigenvalue weighted by atomic mass is 35.5. The SMILES string of the molecule is Clc1ccccc1-c1nnc2n1N=C(c1cccs1)CS2. The summed E-state index contributed by atoms with van der Waals surface area (Å²) in [7, 11) is 0. The first-order valence-electron chi connectivity index (χ1n) is 6.28. The van der Waals surface area contributed by atoms with Crippen molar-refractivity contribution in [3.63, 3.8) is 0 Å². The maximum Gasteiger partial charge on any atom is 0.212 e. The summed E-state index contributed by atoms with van der Waals surface area (Å²) in [4.78, 5) is 1.17. The van der Waals surface area contributed by atoms with E-state index in [1.54, 1.807) is 27.8 Å². The first-order valence-corrected chi connectivity index (χ1v) is 8.52. The first-order chi connectivity index (χ1) is 10.3. The lowest BCUT2D eigenvalue weighted by Crippen LogP contribution is -2.12. The van der Waals surface area contributed by atoms with Crippen LogP contribution in [-0.2, 0) is 0 Å². The van der Waals surface area contributed by atoms with Gasteiger partial charge in [-0.25, -0.2) is 0 Å². The van der Waals surface area contributed by atoms with E-state index < -0.39 is 0 Å². The minimum atomic E-state index is 0.649. The molecule has 7 heteroatoms. The predicted molar refractivity (Wildman–Crippen MR) is 87.4 cm³/mol. The molecule has 0 saturated carbocycles. The fourth-order valence-electron chi connectivity index (χ4n) is 2.10. The third-order valence-corrected chi connectivity index (χ3v) is 5.27. The van der Waals surface area contributed by atoms with Gasteiger partial charge >= 0.3 is 0 Å². The average Bonchev–Trinajstić information content (AvgIpc) is 3.17. The summed E-state index contributed by atoms with van der Waals surface area (Å²) in [5.41, 5.74) is 1.88. The molecule has 0 unspecified atom stereocenters. The van der Waals surface area contributed by atoms with Crippen molar-refractivity contribution in [2.24, 2.45) is 5.10 Å². The highest BCUT2D eigenvalue weighted by Gasteiger charge is 2.21. The number of thiophene rings is 1. The summed E-state index contributed by atoms with van der Waals surface area (Å²) >= 11 is 9.59. The van der Waals surface area contributed by atoms with Crippen LogP contribution < -0.4 is 0 Å². The first kappa shape index (κ1) is 13.1. The molecule has 21 heavy (non-hydrogen) atoms. The van der Waals surface area contributed by atoms with Crippen LogP contribution in [0, 0.1) is 0 Å². The van der Waals surface area contributed by atoms with E-state index in [0.29, 0.717) is 10.8 Å². The van der Waals surface area contributed by atoms with E-state index in [1.165, 1.54) is 4.88 Å².